The molecule has 0 spiro atoms. The summed E-state index contributed by atoms with van der Waals surface area (Å²) in [7, 11) is 1.95. The molecule has 0 radical (unpaired) electrons. The van der Waals surface area contributed by atoms with Crippen molar-refractivity contribution in [3.63, 3.8) is 0 Å². The minimum atomic E-state index is 0.485. The molecule has 2 heterocycles. The first-order chi connectivity index (χ1) is 7.63. The van der Waals surface area contributed by atoms with Gasteiger partial charge in [-0.25, -0.2) is 4.98 Å². The molecule has 3 nitrogen and oxygen atoms in total. The quantitative estimate of drug-likeness (QED) is 0.763. The Hall–Kier alpha value is -1.73. The van der Waals surface area contributed by atoms with Gasteiger partial charge in [0, 0.05) is 30.2 Å². The predicted octanol–water partition coefficient (Wildman–Crippen LogP) is 2.56. The Bertz CT molecular complexity index is 578. The maximum absolute atomic E-state index is 9.13. The summed E-state index contributed by atoms with van der Waals surface area (Å²) in [4.78, 5) is 4.18. The molecule has 0 saturated carbocycles. The van der Waals surface area contributed by atoms with E-state index in [0.29, 0.717) is 10.6 Å². The molecule has 2 aromatic rings. The van der Waals surface area contributed by atoms with Crippen LogP contribution in [0.15, 0.2) is 29.4 Å². The van der Waals surface area contributed by atoms with E-state index in [4.69, 9.17) is 5.26 Å². The van der Waals surface area contributed by atoms with Gasteiger partial charge in [-0.15, -0.1) is 12.6 Å². The number of hydrogen-bond donors (Lipinski definition) is 1. The van der Waals surface area contributed by atoms with Crippen molar-refractivity contribution in [1.29, 1.82) is 5.26 Å². The van der Waals surface area contributed by atoms with E-state index in [1.807, 2.05) is 42.9 Å². The Kier molecular flexibility index (Phi) is 2.71. The van der Waals surface area contributed by atoms with Crippen LogP contribution in [0.5, 0.6) is 0 Å². The molecule has 0 atom stereocenters. The molecule has 0 bridgehead atoms. The lowest BCUT2D eigenvalue weighted by Crippen LogP contribution is -1.96. The summed E-state index contributed by atoms with van der Waals surface area (Å²) in [5.74, 6) is 0. The summed E-state index contributed by atoms with van der Waals surface area (Å²) in [5.41, 5.74) is 3.26. The Morgan fingerprint density at radius 3 is 2.81 bits per heavy atom. The van der Waals surface area contributed by atoms with Gasteiger partial charge in [0.2, 0.25) is 0 Å². The van der Waals surface area contributed by atoms with Crippen LogP contribution in [-0.2, 0) is 7.05 Å². The van der Waals surface area contributed by atoms with Crippen molar-refractivity contribution in [1.82, 2.24) is 9.55 Å². The zero-order chi connectivity index (χ0) is 11.7. The van der Waals surface area contributed by atoms with Gasteiger partial charge in [0.15, 0.2) is 0 Å². The molecule has 2 aromatic heterocycles. The lowest BCUT2D eigenvalue weighted by Gasteiger charge is -2.08. The van der Waals surface area contributed by atoms with Crippen molar-refractivity contribution in [2.75, 3.05) is 0 Å². The molecule has 0 aromatic carbocycles. The van der Waals surface area contributed by atoms with E-state index in [-0.39, 0.29) is 0 Å². The van der Waals surface area contributed by atoms with Gasteiger partial charge in [0.25, 0.3) is 0 Å². The predicted molar refractivity (Wildman–Crippen MR) is 65.3 cm³/mol. The zero-order valence-electron chi connectivity index (χ0n) is 9.10. The Morgan fingerprint density at radius 2 is 2.25 bits per heavy atom. The second kappa shape index (κ2) is 4.03. The van der Waals surface area contributed by atoms with Crippen molar-refractivity contribution in [2.45, 2.75) is 11.9 Å². The molecule has 0 aliphatic heterocycles. The standard InChI is InChI=1S/C12H11N3S/c1-8-6-9(10(7-13)12(16)14-8)11-4-3-5-15(11)2/h3-6H,1-2H3,(H,14,16). The van der Waals surface area contributed by atoms with Crippen LogP contribution in [0.2, 0.25) is 0 Å². The first-order valence-corrected chi connectivity index (χ1v) is 5.30. The molecule has 0 unspecified atom stereocenters. The highest BCUT2D eigenvalue weighted by molar-refractivity contribution is 7.80. The zero-order valence-corrected chi connectivity index (χ0v) is 9.99. The molecule has 0 N–H and O–H groups in total. The molecule has 0 saturated heterocycles. The molecule has 16 heavy (non-hydrogen) atoms. The maximum Gasteiger partial charge on any atom is 0.112 e. The highest BCUT2D eigenvalue weighted by atomic mass is 32.1. The van der Waals surface area contributed by atoms with Crippen LogP contribution < -0.4 is 0 Å². The first-order valence-electron chi connectivity index (χ1n) is 4.86. The number of aryl methyl sites for hydroxylation is 2. The second-order valence-corrected chi connectivity index (χ2v) is 4.05. The number of nitriles is 1. The van der Waals surface area contributed by atoms with Gasteiger partial charge in [0.05, 0.1) is 5.56 Å². The molecule has 0 fully saturated rings. The number of thiol groups is 1. The van der Waals surface area contributed by atoms with Crippen molar-refractivity contribution < 1.29 is 0 Å². The van der Waals surface area contributed by atoms with Gasteiger partial charge in [-0.2, -0.15) is 5.26 Å². The van der Waals surface area contributed by atoms with Crippen LogP contribution in [-0.4, -0.2) is 9.55 Å². The molecule has 0 aliphatic carbocycles. The highest BCUT2D eigenvalue weighted by Gasteiger charge is 2.12. The van der Waals surface area contributed by atoms with E-state index in [0.717, 1.165) is 17.0 Å². The molecule has 80 valence electrons. The molecule has 0 aliphatic rings. The monoisotopic (exact) mass is 229 g/mol. The van der Waals surface area contributed by atoms with Gasteiger partial charge in [-0.3, -0.25) is 0 Å². The Morgan fingerprint density at radius 1 is 1.50 bits per heavy atom. The number of pyridine rings is 1. The van der Waals surface area contributed by atoms with Crippen LogP contribution in [0.4, 0.5) is 0 Å². The van der Waals surface area contributed by atoms with E-state index in [2.05, 4.69) is 23.7 Å². The third-order valence-electron chi connectivity index (χ3n) is 2.46. The maximum atomic E-state index is 9.13. The fraction of sp³-hybridized carbons (Fsp3) is 0.167. The van der Waals surface area contributed by atoms with Crippen LogP contribution in [0.1, 0.15) is 11.3 Å². The minimum Gasteiger partial charge on any atom is -0.351 e. The van der Waals surface area contributed by atoms with E-state index >= 15 is 0 Å². The molecule has 4 heteroatoms. The number of aromatic nitrogens is 2. The third-order valence-corrected chi connectivity index (χ3v) is 2.78. The minimum absolute atomic E-state index is 0.485. The summed E-state index contributed by atoms with van der Waals surface area (Å²) < 4.78 is 1.98. The summed E-state index contributed by atoms with van der Waals surface area (Å²) in [6.07, 6.45) is 1.95. The molecular weight excluding hydrogens is 218 g/mol. The van der Waals surface area contributed by atoms with Crippen LogP contribution >= 0.6 is 12.6 Å². The average molecular weight is 229 g/mol. The van der Waals surface area contributed by atoms with Gasteiger partial charge in [-0.05, 0) is 25.1 Å². The normalized spacial score (nSPS) is 10.1. The van der Waals surface area contributed by atoms with Gasteiger partial charge in [-0.1, -0.05) is 0 Å². The van der Waals surface area contributed by atoms with Gasteiger partial charge >= 0.3 is 0 Å². The smallest absolute Gasteiger partial charge is 0.112 e. The average Bonchev–Trinajstić information content (AvgIpc) is 2.63. The largest absolute Gasteiger partial charge is 0.351 e. The van der Waals surface area contributed by atoms with Crippen molar-refractivity contribution >= 4 is 12.6 Å². The Balaban J connectivity index is 2.75. The van der Waals surface area contributed by atoms with E-state index < -0.39 is 0 Å². The fourth-order valence-corrected chi connectivity index (χ4v) is 2.04. The first kappa shape index (κ1) is 10.8. The molecular formula is C12H11N3S. The SMILES string of the molecule is Cc1cc(-c2cccn2C)c(C#N)c(S)n1. The van der Waals surface area contributed by atoms with Crippen LogP contribution in [0.3, 0.4) is 0 Å². The van der Waals surface area contributed by atoms with Gasteiger partial charge < -0.3 is 4.57 Å². The third kappa shape index (κ3) is 1.70. The highest BCUT2D eigenvalue weighted by Crippen LogP contribution is 2.27. The Labute approximate surface area is 99.8 Å². The summed E-state index contributed by atoms with van der Waals surface area (Å²) in [6.45, 7) is 1.90. The summed E-state index contributed by atoms with van der Waals surface area (Å²) in [5, 5.41) is 9.62. The number of rotatable bonds is 1. The summed E-state index contributed by atoms with van der Waals surface area (Å²) >= 11 is 4.24. The van der Waals surface area contributed by atoms with Crippen LogP contribution in [0.25, 0.3) is 11.3 Å². The molecule has 2 rings (SSSR count). The van der Waals surface area contributed by atoms with Crippen molar-refractivity contribution in [3.8, 4) is 17.3 Å². The van der Waals surface area contributed by atoms with E-state index in [1.165, 1.54) is 0 Å². The number of hydrogen-bond acceptors (Lipinski definition) is 3. The lowest BCUT2D eigenvalue weighted by atomic mass is 10.1. The topological polar surface area (TPSA) is 41.6 Å². The van der Waals surface area contributed by atoms with E-state index in [1.54, 1.807) is 0 Å². The second-order valence-electron chi connectivity index (χ2n) is 3.63. The summed E-state index contributed by atoms with van der Waals surface area (Å²) in [6, 6.07) is 7.99. The van der Waals surface area contributed by atoms with Crippen molar-refractivity contribution in [3.05, 3.63) is 35.7 Å². The lowest BCUT2D eigenvalue weighted by molar-refractivity contribution is 0.931. The molecule has 0 amide bonds. The number of nitrogens with zero attached hydrogens (tertiary/aromatic N) is 3. The van der Waals surface area contributed by atoms with Crippen molar-refractivity contribution in [2.24, 2.45) is 7.05 Å². The van der Waals surface area contributed by atoms with Gasteiger partial charge in [0.1, 0.15) is 11.1 Å². The van der Waals surface area contributed by atoms with E-state index in [9.17, 15) is 0 Å². The fourth-order valence-electron chi connectivity index (χ4n) is 1.71. The van der Waals surface area contributed by atoms with Crippen LogP contribution in [0, 0.1) is 18.3 Å².